The van der Waals surface area contributed by atoms with Crippen LogP contribution in [-0.4, -0.2) is 103 Å². The number of aromatic nitrogens is 4. The van der Waals surface area contributed by atoms with Gasteiger partial charge in [-0.15, -0.1) is 0 Å². The van der Waals surface area contributed by atoms with Gasteiger partial charge in [-0.1, -0.05) is 120 Å². The minimum absolute atomic E-state index is 0.0730. The van der Waals surface area contributed by atoms with Crippen LogP contribution < -0.4 is 19.6 Å². The number of rotatable bonds is 12. The fourth-order valence-corrected chi connectivity index (χ4v) is 9.20. The minimum atomic E-state index is -3.90. The number of para-hydroxylation sites is 2. The maximum atomic E-state index is 13.5. The largest absolute Gasteiger partial charge is 0.347 e. The zero-order valence-corrected chi connectivity index (χ0v) is 39.4. The molecule has 4 aromatic carbocycles. The zero-order chi connectivity index (χ0) is 47.1. The molecule has 6 aromatic rings. The Labute approximate surface area is 396 Å². The molecule has 0 saturated heterocycles. The number of amides is 6. The molecule has 0 fully saturated rings. The summed E-state index contributed by atoms with van der Waals surface area (Å²) in [4.78, 5) is 77.7. The molecule has 0 N–H and O–H groups in total. The Morgan fingerprint density at radius 2 is 1.06 bits per heavy atom. The number of carbonyl (C=O) groups excluding carboxylic acids is 4. The number of likely N-dealkylation sites (N-methyl/N-ethyl adjacent to an activating group) is 2. The van der Waals surface area contributed by atoms with Crippen LogP contribution >= 0.6 is 35.0 Å². The molecule has 0 atom stereocenters. The first-order chi connectivity index (χ1) is 31.6. The van der Waals surface area contributed by atoms with Crippen LogP contribution in [0, 0.1) is 0 Å². The van der Waals surface area contributed by atoms with E-state index < -0.39 is 21.0 Å². The number of benzene rings is 4. The van der Waals surface area contributed by atoms with E-state index in [0.717, 1.165) is 16.0 Å². The summed E-state index contributed by atoms with van der Waals surface area (Å²) in [7, 11) is 2.56. The fourth-order valence-electron chi connectivity index (χ4n) is 6.76. The van der Waals surface area contributed by atoms with Crippen LogP contribution in [0.3, 0.4) is 0 Å². The normalized spacial score (nSPS) is 13.4. The second-order valence-electron chi connectivity index (χ2n) is 15.4. The number of urea groups is 2. The maximum absolute atomic E-state index is 13.5. The third-order valence-electron chi connectivity index (χ3n) is 10.3. The van der Waals surface area contributed by atoms with E-state index in [1.165, 1.54) is 37.6 Å². The Balaban J connectivity index is 0.000000197. The summed E-state index contributed by atoms with van der Waals surface area (Å²) in [6.07, 6.45) is 3.10. The van der Waals surface area contributed by atoms with Gasteiger partial charge in [0.15, 0.2) is 5.16 Å². The summed E-state index contributed by atoms with van der Waals surface area (Å²) < 4.78 is 26.0. The molecule has 6 amide bonds. The van der Waals surface area contributed by atoms with Gasteiger partial charge in [0.05, 0.1) is 40.3 Å². The standard InChI is InChI=1S/C23H22ClN5O4S.C23H22ClN5O2S/c1-27(2)20(30)14-29-21-17(13-28(23(29)31)19-11-7-6-10-18(19)24)12-25-22(26-21)34(32,33)15-16-8-4-3-5-9-16;1-27(2)20(30)14-29-21-17(13-28(23(29)31)19-11-7-6-10-18(19)24)12-25-22(26-21)32-15-16-8-4-3-5-9-16/h3-12H,13-15H2,1-2H3;3-12H,13-15H2,1-2H3. The molecular formula is C46H44Cl2N10O6S2. The van der Waals surface area contributed by atoms with Crippen molar-refractivity contribution in [3.63, 3.8) is 0 Å². The number of thioether (sulfide) groups is 1. The lowest BCUT2D eigenvalue weighted by Gasteiger charge is -2.36. The van der Waals surface area contributed by atoms with Crippen molar-refractivity contribution in [2.24, 2.45) is 0 Å². The maximum Gasteiger partial charge on any atom is 0.331 e. The average Bonchev–Trinajstić information content (AvgIpc) is 3.31. The Morgan fingerprint density at radius 1 is 0.621 bits per heavy atom. The lowest BCUT2D eigenvalue weighted by atomic mass is 10.2. The number of sulfone groups is 1. The molecule has 2 aromatic heterocycles. The van der Waals surface area contributed by atoms with Crippen molar-refractivity contribution < 1.29 is 27.6 Å². The minimum Gasteiger partial charge on any atom is -0.347 e. The number of hydrogen-bond donors (Lipinski definition) is 0. The molecule has 20 heteroatoms. The first-order valence-corrected chi connectivity index (χ1v) is 23.7. The van der Waals surface area contributed by atoms with E-state index in [1.54, 1.807) is 112 Å². The van der Waals surface area contributed by atoms with E-state index in [1.807, 2.05) is 36.4 Å². The van der Waals surface area contributed by atoms with E-state index in [0.29, 0.717) is 49.3 Å². The van der Waals surface area contributed by atoms with Gasteiger partial charge in [0.2, 0.25) is 26.8 Å². The highest BCUT2D eigenvalue weighted by Gasteiger charge is 2.37. The second kappa shape index (κ2) is 20.7. The number of halogens is 2. The highest BCUT2D eigenvalue weighted by atomic mass is 35.5. The molecule has 2 aliphatic rings. The van der Waals surface area contributed by atoms with Crippen molar-refractivity contribution in [3.05, 3.63) is 154 Å². The molecule has 0 aliphatic carbocycles. The van der Waals surface area contributed by atoms with Gasteiger partial charge in [0.25, 0.3) is 0 Å². The molecule has 8 rings (SSSR count). The second-order valence-corrected chi connectivity index (χ2v) is 19.1. The molecule has 4 heterocycles. The quantitative estimate of drug-likeness (QED) is 0.0874. The number of anilines is 4. The van der Waals surface area contributed by atoms with Crippen molar-refractivity contribution in [1.29, 1.82) is 0 Å². The molecule has 66 heavy (non-hydrogen) atoms. The lowest BCUT2D eigenvalue weighted by molar-refractivity contribution is -0.127. The molecule has 0 unspecified atom stereocenters. The number of fused-ring (bicyclic) bond motifs is 2. The Hall–Kier alpha value is -6.60. The lowest BCUT2D eigenvalue weighted by Crippen LogP contribution is -2.51. The van der Waals surface area contributed by atoms with E-state index in [2.05, 4.69) is 19.9 Å². The highest BCUT2D eigenvalue weighted by Crippen LogP contribution is 2.36. The van der Waals surface area contributed by atoms with Gasteiger partial charge in [-0.05, 0) is 35.4 Å². The molecule has 2 aliphatic heterocycles. The van der Waals surface area contributed by atoms with Crippen molar-refractivity contribution in [3.8, 4) is 0 Å². The van der Waals surface area contributed by atoms with Crippen molar-refractivity contribution >= 4 is 91.7 Å². The molecule has 340 valence electrons. The molecule has 0 radical (unpaired) electrons. The van der Waals surface area contributed by atoms with E-state index >= 15 is 0 Å². The van der Waals surface area contributed by atoms with Crippen LogP contribution in [0.4, 0.5) is 32.6 Å². The number of carbonyl (C=O) groups is 4. The summed E-state index contributed by atoms with van der Waals surface area (Å²) in [5.74, 6) is 0.401. The summed E-state index contributed by atoms with van der Waals surface area (Å²) in [6.45, 7) is -0.105. The number of nitrogens with zero attached hydrogens (tertiary/aromatic N) is 10. The summed E-state index contributed by atoms with van der Waals surface area (Å²) in [5.41, 5.74) is 4.02. The monoisotopic (exact) mass is 966 g/mol. The first-order valence-electron chi connectivity index (χ1n) is 20.3. The summed E-state index contributed by atoms with van der Waals surface area (Å²) in [5, 5.41) is 0.964. The Morgan fingerprint density at radius 3 is 1.55 bits per heavy atom. The third-order valence-corrected chi connectivity index (χ3v) is 13.3. The Kier molecular flexibility index (Phi) is 14.9. The number of hydrogen-bond acceptors (Lipinski definition) is 11. The van der Waals surface area contributed by atoms with Gasteiger partial charge >= 0.3 is 12.1 Å². The highest BCUT2D eigenvalue weighted by molar-refractivity contribution is 7.98. The molecule has 0 saturated carbocycles. The van der Waals surface area contributed by atoms with Gasteiger partial charge in [0, 0.05) is 57.5 Å². The third kappa shape index (κ3) is 10.9. The predicted molar refractivity (Wildman–Crippen MR) is 256 cm³/mol. The van der Waals surface area contributed by atoms with Crippen LogP contribution in [0.25, 0.3) is 0 Å². The van der Waals surface area contributed by atoms with E-state index in [4.69, 9.17) is 23.2 Å². The van der Waals surface area contributed by atoms with Crippen molar-refractivity contribution in [2.75, 3.05) is 60.9 Å². The van der Waals surface area contributed by atoms with Gasteiger partial charge < -0.3 is 9.80 Å². The van der Waals surface area contributed by atoms with E-state index in [-0.39, 0.29) is 55.6 Å². The molecule has 16 nitrogen and oxygen atoms in total. The zero-order valence-electron chi connectivity index (χ0n) is 36.3. The summed E-state index contributed by atoms with van der Waals surface area (Å²) in [6, 6.07) is 31.8. The Bertz CT molecular complexity index is 2880. The van der Waals surface area contributed by atoms with Gasteiger partial charge in [-0.3, -0.25) is 29.2 Å². The summed E-state index contributed by atoms with van der Waals surface area (Å²) >= 11 is 14.2. The van der Waals surface area contributed by atoms with Gasteiger partial charge in [-0.25, -0.2) is 37.9 Å². The van der Waals surface area contributed by atoms with Crippen LogP contribution in [-0.2, 0) is 44.0 Å². The van der Waals surface area contributed by atoms with Crippen molar-refractivity contribution in [2.45, 2.75) is 34.9 Å². The topological polar surface area (TPSA) is 173 Å². The smallest absolute Gasteiger partial charge is 0.331 e. The van der Waals surface area contributed by atoms with Gasteiger partial charge in [0.1, 0.15) is 24.7 Å². The molecule has 0 bridgehead atoms. The van der Waals surface area contributed by atoms with Crippen LogP contribution in [0.15, 0.2) is 132 Å². The van der Waals surface area contributed by atoms with E-state index in [9.17, 15) is 27.6 Å². The molecule has 0 spiro atoms. The van der Waals surface area contributed by atoms with Crippen LogP contribution in [0.2, 0.25) is 10.0 Å². The predicted octanol–water partition coefficient (Wildman–Crippen LogP) is 7.60. The average molecular weight is 968 g/mol. The molecular weight excluding hydrogens is 924 g/mol. The van der Waals surface area contributed by atoms with Crippen LogP contribution in [0.1, 0.15) is 22.3 Å². The SMILES string of the molecule is CN(C)C(=O)CN1C(=O)N(c2ccccc2Cl)Cc2cnc(S(=O)(=O)Cc3ccccc3)nc21.CN(C)C(=O)CN1C(=O)N(c2ccccc2Cl)Cc2cnc(SCc3ccccc3)nc21. The first kappa shape index (κ1) is 47.4. The van der Waals surface area contributed by atoms with Crippen molar-refractivity contribution in [1.82, 2.24) is 29.7 Å². The fraction of sp³-hybridized carbons (Fsp3) is 0.217. The van der Waals surface area contributed by atoms with Gasteiger partial charge in [-0.2, -0.15) is 0 Å². The van der Waals surface area contributed by atoms with Crippen LogP contribution in [0.5, 0.6) is 0 Å².